The zero-order valence-corrected chi connectivity index (χ0v) is 29.1. The van der Waals surface area contributed by atoms with Crippen LogP contribution in [0.1, 0.15) is 39.7 Å². The van der Waals surface area contributed by atoms with Gasteiger partial charge in [0, 0.05) is 16.5 Å². The summed E-state index contributed by atoms with van der Waals surface area (Å²) >= 11 is 0. The number of amides is 1. The summed E-state index contributed by atoms with van der Waals surface area (Å²) in [6, 6.07) is 33.8. The molecule has 7 rings (SSSR count). The maximum atomic E-state index is 12.9. The number of anilines is 1. The first kappa shape index (κ1) is 34.9. The zero-order chi connectivity index (χ0) is 36.1. The first-order valence-electron chi connectivity index (χ1n) is 16.4. The second-order valence-electron chi connectivity index (χ2n) is 11.9. The van der Waals surface area contributed by atoms with E-state index in [1.165, 1.54) is 12.7 Å². The number of fused-ring (bicyclic) bond motifs is 1. The number of rotatable bonds is 13. The SMILES string of the molecule is COc1ccc(C(OC[C@H]2O[C@H](n3cnc4c(NC(=O)c5ccccc5)ncnc43)C[C@@H]2O[P+](=O)O)(c2ccccc2)c2ccc(OC)cc2)cc1. The molecule has 2 N–H and O–H groups in total. The topological polar surface area (TPSA) is 156 Å². The molecule has 4 aromatic carbocycles. The van der Waals surface area contributed by atoms with E-state index in [9.17, 15) is 14.3 Å². The fourth-order valence-electron chi connectivity index (χ4n) is 6.45. The summed E-state index contributed by atoms with van der Waals surface area (Å²) in [4.78, 5) is 36.0. The molecule has 1 saturated heterocycles. The molecule has 14 heteroatoms. The van der Waals surface area contributed by atoms with E-state index in [2.05, 4.69) is 20.3 Å². The summed E-state index contributed by atoms with van der Waals surface area (Å²) in [6.45, 7) is -0.0444. The molecule has 3 heterocycles. The van der Waals surface area contributed by atoms with Crippen LogP contribution in [-0.2, 0) is 24.2 Å². The first-order chi connectivity index (χ1) is 25.4. The van der Waals surface area contributed by atoms with Gasteiger partial charge in [-0.15, -0.1) is 9.42 Å². The van der Waals surface area contributed by atoms with E-state index in [0.717, 1.165) is 16.7 Å². The van der Waals surface area contributed by atoms with Crippen LogP contribution >= 0.6 is 8.25 Å². The number of nitrogens with one attached hydrogen (secondary N) is 1. The van der Waals surface area contributed by atoms with Gasteiger partial charge in [-0.3, -0.25) is 9.36 Å². The Labute approximate surface area is 300 Å². The minimum absolute atomic E-state index is 0.0444. The summed E-state index contributed by atoms with van der Waals surface area (Å²) in [5.74, 6) is 1.25. The molecule has 1 aliphatic rings. The predicted octanol–water partition coefficient (Wildman–Crippen LogP) is 6.43. The van der Waals surface area contributed by atoms with Crippen LogP contribution in [0.25, 0.3) is 11.2 Å². The highest BCUT2D eigenvalue weighted by Crippen LogP contribution is 2.44. The maximum absolute atomic E-state index is 12.9. The van der Waals surface area contributed by atoms with E-state index in [0.29, 0.717) is 28.2 Å². The maximum Gasteiger partial charge on any atom is 0.695 e. The Morgan fingerprint density at radius 3 is 2.06 bits per heavy atom. The molecule has 1 fully saturated rings. The van der Waals surface area contributed by atoms with Crippen molar-refractivity contribution in [2.24, 2.45) is 0 Å². The van der Waals surface area contributed by atoms with Gasteiger partial charge in [0.2, 0.25) is 0 Å². The lowest BCUT2D eigenvalue weighted by Gasteiger charge is -2.37. The fraction of sp³-hybridized carbons (Fsp3) is 0.211. The van der Waals surface area contributed by atoms with Gasteiger partial charge < -0.3 is 24.3 Å². The van der Waals surface area contributed by atoms with Crippen molar-refractivity contribution in [3.8, 4) is 11.5 Å². The lowest BCUT2D eigenvalue weighted by molar-refractivity contribution is -0.0903. The Morgan fingerprint density at radius 1 is 0.865 bits per heavy atom. The van der Waals surface area contributed by atoms with Gasteiger partial charge in [-0.1, -0.05) is 72.8 Å². The van der Waals surface area contributed by atoms with Gasteiger partial charge in [-0.25, -0.2) is 15.0 Å². The lowest BCUT2D eigenvalue weighted by atomic mass is 9.80. The predicted molar refractivity (Wildman–Crippen MR) is 191 cm³/mol. The molecule has 0 aliphatic carbocycles. The van der Waals surface area contributed by atoms with Crippen LogP contribution in [0.3, 0.4) is 0 Å². The lowest BCUT2D eigenvalue weighted by Crippen LogP contribution is -2.38. The molecule has 0 radical (unpaired) electrons. The van der Waals surface area contributed by atoms with Crippen LogP contribution < -0.4 is 14.8 Å². The van der Waals surface area contributed by atoms with E-state index in [1.54, 1.807) is 43.1 Å². The molecule has 264 valence electrons. The van der Waals surface area contributed by atoms with Gasteiger partial charge in [-0.2, -0.15) is 0 Å². The highest BCUT2D eigenvalue weighted by Gasteiger charge is 2.46. The second-order valence-corrected chi connectivity index (χ2v) is 12.6. The minimum Gasteiger partial charge on any atom is -0.497 e. The van der Waals surface area contributed by atoms with Crippen molar-refractivity contribution in [1.29, 1.82) is 0 Å². The number of imidazole rings is 1. The number of ether oxygens (including phenoxy) is 4. The molecule has 0 spiro atoms. The van der Waals surface area contributed by atoms with Crippen LogP contribution in [0.5, 0.6) is 11.5 Å². The molecule has 4 atom stereocenters. The van der Waals surface area contributed by atoms with Gasteiger partial charge >= 0.3 is 8.25 Å². The van der Waals surface area contributed by atoms with Crippen molar-refractivity contribution in [1.82, 2.24) is 19.5 Å². The molecule has 0 bridgehead atoms. The molecular formula is C38H35N5O8P+. The van der Waals surface area contributed by atoms with Crippen molar-refractivity contribution in [2.75, 3.05) is 26.1 Å². The number of benzene rings is 4. The minimum atomic E-state index is -2.98. The van der Waals surface area contributed by atoms with Crippen molar-refractivity contribution < 1.29 is 37.7 Å². The number of methoxy groups -OCH3 is 2. The number of hydrogen-bond donors (Lipinski definition) is 2. The average molecular weight is 721 g/mol. The summed E-state index contributed by atoms with van der Waals surface area (Å²) in [6.07, 6.45) is 0.694. The normalized spacial score (nSPS) is 17.5. The molecule has 52 heavy (non-hydrogen) atoms. The Balaban J connectivity index is 1.22. The summed E-state index contributed by atoms with van der Waals surface area (Å²) in [5.41, 5.74) is 2.51. The Bertz CT molecular complexity index is 2100. The van der Waals surface area contributed by atoms with Crippen molar-refractivity contribution >= 4 is 31.1 Å². The molecular weight excluding hydrogens is 685 g/mol. The van der Waals surface area contributed by atoms with Crippen molar-refractivity contribution in [3.05, 3.63) is 144 Å². The fourth-order valence-corrected chi connectivity index (χ4v) is 6.91. The average Bonchev–Trinajstić information content (AvgIpc) is 3.80. The summed E-state index contributed by atoms with van der Waals surface area (Å²) in [7, 11) is 0.236. The summed E-state index contributed by atoms with van der Waals surface area (Å²) < 4.78 is 43.8. The highest BCUT2D eigenvalue weighted by molar-refractivity contribution is 7.32. The van der Waals surface area contributed by atoms with Gasteiger partial charge in [0.1, 0.15) is 41.9 Å². The summed E-state index contributed by atoms with van der Waals surface area (Å²) in [5, 5.41) is 2.81. The molecule has 1 aliphatic heterocycles. The highest BCUT2D eigenvalue weighted by atomic mass is 31.1. The molecule has 1 unspecified atom stereocenters. The largest absolute Gasteiger partial charge is 0.695 e. The standard InChI is InChI=1S/C38H34N5O8P/c1-47-29-17-13-27(14-18-29)38(26-11-7-4-8-12-26,28-15-19-30(48-2)20-16-28)49-22-32-31(51-52(45)46)21-33(50-32)43-24-41-34-35(39-23-40-36(34)43)42-37(44)25-9-5-3-6-10-25/h3-20,23-24,31-33H,21-22H2,1-2H3,(H-,39,40,42,44,45,46)/p+1/t31-,32+,33-/m0/s1. The van der Waals surface area contributed by atoms with E-state index >= 15 is 0 Å². The third kappa shape index (κ3) is 7.00. The van der Waals surface area contributed by atoms with Gasteiger partial charge in [0.25, 0.3) is 5.91 Å². The van der Waals surface area contributed by atoms with Crippen LogP contribution in [0, 0.1) is 0 Å². The van der Waals surface area contributed by atoms with Gasteiger partial charge in [0.05, 0.1) is 27.2 Å². The molecule has 6 aromatic rings. The van der Waals surface area contributed by atoms with Crippen molar-refractivity contribution in [2.45, 2.75) is 30.5 Å². The Hall–Kier alpha value is -5.56. The number of aromatic nitrogens is 4. The number of carbonyl (C=O) groups excluding carboxylic acids is 1. The molecule has 1 amide bonds. The van der Waals surface area contributed by atoms with E-state index in [1.807, 2.05) is 84.9 Å². The Kier molecular flexibility index (Phi) is 10.3. The number of carbonyl (C=O) groups is 1. The first-order valence-corrected chi connectivity index (χ1v) is 17.5. The number of nitrogens with zero attached hydrogens (tertiary/aromatic N) is 4. The van der Waals surface area contributed by atoms with E-state index in [-0.39, 0.29) is 24.8 Å². The molecule has 0 saturated carbocycles. The molecule has 13 nitrogen and oxygen atoms in total. The monoisotopic (exact) mass is 720 g/mol. The second kappa shape index (κ2) is 15.4. The van der Waals surface area contributed by atoms with Gasteiger partial charge in [0.15, 0.2) is 17.0 Å². The Morgan fingerprint density at radius 2 is 1.46 bits per heavy atom. The van der Waals surface area contributed by atoms with Gasteiger partial charge in [-0.05, 0) is 53.1 Å². The third-order valence-corrected chi connectivity index (χ3v) is 9.43. The smallest absolute Gasteiger partial charge is 0.497 e. The van der Waals surface area contributed by atoms with Crippen LogP contribution in [0.2, 0.25) is 0 Å². The van der Waals surface area contributed by atoms with E-state index in [4.69, 9.17) is 23.5 Å². The zero-order valence-electron chi connectivity index (χ0n) is 28.2. The number of hydrogen-bond acceptors (Lipinski definition) is 10. The van der Waals surface area contributed by atoms with E-state index < -0.39 is 32.3 Å². The van der Waals surface area contributed by atoms with Crippen LogP contribution in [0.4, 0.5) is 5.82 Å². The van der Waals surface area contributed by atoms with Crippen LogP contribution in [0.15, 0.2) is 122 Å². The third-order valence-electron chi connectivity index (χ3n) is 8.98. The van der Waals surface area contributed by atoms with Crippen molar-refractivity contribution in [3.63, 3.8) is 0 Å². The quantitative estimate of drug-likeness (QED) is 0.100. The molecule has 2 aromatic heterocycles. The van der Waals surface area contributed by atoms with Crippen LogP contribution in [-0.4, -0.2) is 63.4 Å².